The summed E-state index contributed by atoms with van der Waals surface area (Å²) in [5, 5.41) is 0. The van der Waals surface area contributed by atoms with Crippen LogP contribution in [-0.2, 0) is 25.5 Å². The number of amides is 2. The van der Waals surface area contributed by atoms with E-state index in [1.165, 1.54) is 5.56 Å². The van der Waals surface area contributed by atoms with E-state index in [1.807, 2.05) is 30.3 Å². The fraction of sp³-hybridized carbons (Fsp3) is 0.571. The Morgan fingerprint density at radius 1 is 1.22 bits per heavy atom. The van der Waals surface area contributed by atoms with Gasteiger partial charge in [0.15, 0.2) is 0 Å². The molecule has 1 saturated carbocycles. The summed E-state index contributed by atoms with van der Waals surface area (Å²) in [5.41, 5.74) is 1.18. The van der Waals surface area contributed by atoms with E-state index in [-0.39, 0.29) is 36.7 Å². The molecule has 2 aliphatic rings. The molecule has 1 aromatic rings. The average molecular weight is 372 g/mol. The number of esters is 1. The first-order valence-electron chi connectivity index (χ1n) is 9.83. The SMILES string of the molecule is CCOC(=O)CN(CC1CC1)C(=O)C1CC(=O)N(CCc2ccccc2)C1. The first-order valence-corrected chi connectivity index (χ1v) is 9.83. The molecular formula is C21H28N2O4. The normalized spacial score (nSPS) is 19.2. The Kier molecular flexibility index (Phi) is 6.48. The lowest BCUT2D eigenvalue weighted by molar-refractivity contribution is -0.150. The van der Waals surface area contributed by atoms with E-state index in [4.69, 9.17) is 4.74 Å². The summed E-state index contributed by atoms with van der Waals surface area (Å²) in [6.45, 7) is 3.69. The van der Waals surface area contributed by atoms with E-state index in [9.17, 15) is 14.4 Å². The van der Waals surface area contributed by atoms with Crippen LogP contribution in [0.1, 0.15) is 31.7 Å². The first kappa shape index (κ1) is 19.4. The van der Waals surface area contributed by atoms with E-state index >= 15 is 0 Å². The number of benzene rings is 1. The smallest absolute Gasteiger partial charge is 0.325 e. The molecule has 1 unspecified atom stereocenters. The van der Waals surface area contributed by atoms with Gasteiger partial charge in [-0.2, -0.15) is 0 Å². The molecule has 0 radical (unpaired) electrons. The van der Waals surface area contributed by atoms with Crippen LogP contribution in [0.25, 0.3) is 0 Å². The lowest BCUT2D eigenvalue weighted by atomic mass is 10.1. The van der Waals surface area contributed by atoms with Crippen LogP contribution >= 0.6 is 0 Å². The summed E-state index contributed by atoms with van der Waals surface area (Å²) in [7, 11) is 0. The van der Waals surface area contributed by atoms with Crippen LogP contribution < -0.4 is 0 Å². The van der Waals surface area contributed by atoms with E-state index in [1.54, 1.807) is 16.7 Å². The Morgan fingerprint density at radius 3 is 2.63 bits per heavy atom. The average Bonchev–Trinajstić information content (AvgIpc) is 3.40. The van der Waals surface area contributed by atoms with Gasteiger partial charge in [0.05, 0.1) is 12.5 Å². The van der Waals surface area contributed by atoms with Crippen molar-refractivity contribution in [2.75, 3.05) is 32.8 Å². The Bertz CT molecular complexity index is 672. The van der Waals surface area contributed by atoms with E-state index in [2.05, 4.69) is 0 Å². The summed E-state index contributed by atoms with van der Waals surface area (Å²) < 4.78 is 5.01. The molecule has 0 spiro atoms. The van der Waals surface area contributed by atoms with E-state index in [0.29, 0.717) is 32.2 Å². The molecule has 3 rings (SSSR count). The molecule has 6 nitrogen and oxygen atoms in total. The third-order valence-electron chi connectivity index (χ3n) is 5.19. The Labute approximate surface area is 160 Å². The largest absolute Gasteiger partial charge is 0.465 e. The second-order valence-electron chi connectivity index (χ2n) is 7.44. The monoisotopic (exact) mass is 372 g/mol. The number of hydrogen-bond acceptors (Lipinski definition) is 4. The molecule has 1 atom stereocenters. The first-order chi connectivity index (χ1) is 13.1. The van der Waals surface area contributed by atoms with Crippen molar-refractivity contribution < 1.29 is 19.1 Å². The predicted octanol–water partition coefficient (Wildman–Crippen LogP) is 1.88. The molecule has 27 heavy (non-hydrogen) atoms. The maximum absolute atomic E-state index is 13.0. The second-order valence-corrected chi connectivity index (χ2v) is 7.44. The van der Waals surface area contributed by atoms with Gasteiger partial charge in [-0.1, -0.05) is 30.3 Å². The molecule has 146 valence electrons. The van der Waals surface area contributed by atoms with E-state index in [0.717, 1.165) is 19.3 Å². The van der Waals surface area contributed by atoms with Crippen LogP contribution in [0.3, 0.4) is 0 Å². The molecule has 0 N–H and O–H groups in total. The van der Waals surface area contributed by atoms with Crippen LogP contribution in [0, 0.1) is 11.8 Å². The molecule has 2 amide bonds. The van der Waals surface area contributed by atoms with Crippen molar-refractivity contribution in [3.05, 3.63) is 35.9 Å². The fourth-order valence-electron chi connectivity index (χ4n) is 3.53. The van der Waals surface area contributed by atoms with Gasteiger partial charge in [0.2, 0.25) is 11.8 Å². The highest BCUT2D eigenvalue weighted by Crippen LogP contribution is 2.31. The van der Waals surface area contributed by atoms with Gasteiger partial charge in [-0.05, 0) is 37.7 Å². The van der Waals surface area contributed by atoms with Gasteiger partial charge in [-0.15, -0.1) is 0 Å². The molecule has 0 aromatic heterocycles. The Hall–Kier alpha value is -2.37. The van der Waals surface area contributed by atoms with Gasteiger partial charge in [-0.25, -0.2) is 0 Å². The summed E-state index contributed by atoms with van der Waals surface area (Å²) in [4.78, 5) is 40.6. The molecule has 1 aromatic carbocycles. The number of carbonyl (C=O) groups is 3. The lowest BCUT2D eigenvalue weighted by Gasteiger charge is -2.25. The predicted molar refractivity (Wildman–Crippen MR) is 101 cm³/mol. The maximum atomic E-state index is 13.0. The van der Waals surface area contributed by atoms with Crippen LogP contribution in [0.2, 0.25) is 0 Å². The quantitative estimate of drug-likeness (QED) is 0.621. The number of likely N-dealkylation sites (tertiary alicyclic amines) is 1. The fourth-order valence-corrected chi connectivity index (χ4v) is 3.53. The Balaban J connectivity index is 1.56. The standard InChI is InChI=1S/C21H28N2O4/c1-2-27-20(25)15-23(13-17-8-9-17)21(26)18-12-19(24)22(14-18)11-10-16-6-4-3-5-7-16/h3-7,17-18H,2,8-15H2,1H3. The molecule has 1 saturated heterocycles. The van der Waals surface area contributed by atoms with Gasteiger partial charge < -0.3 is 14.5 Å². The highest BCUT2D eigenvalue weighted by Gasteiger charge is 2.38. The third kappa shape index (κ3) is 5.55. The van der Waals surface area contributed by atoms with Gasteiger partial charge in [0.1, 0.15) is 6.54 Å². The number of ether oxygens (including phenoxy) is 1. The van der Waals surface area contributed by atoms with E-state index < -0.39 is 0 Å². The molecule has 0 bridgehead atoms. The maximum Gasteiger partial charge on any atom is 0.325 e. The topological polar surface area (TPSA) is 66.9 Å². The zero-order valence-electron chi connectivity index (χ0n) is 15.9. The minimum absolute atomic E-state index is 0.0160. The summed E-state index contributed by atoms with van der Waals surface area (Å²) in [5.74, 6) is -0.329. The van der Waals surface area contributed by atoms with Crippen LogP contribution in [0.5, 0.6) is 0 Å². The van der Waals surface area contributed by atoms with Gasteiger partial charge in [0, 0.05) is 26.1 Å². The molecule has 1 heterocycles. The molecule has 2 fully saturated rings. The van der Waals surface area contributed by atoms with Crippen molar-refractivity contribution in [3.63, 3.8) is 0 Å². The summed E-state index contributed by atoms with van der Waals surface area (Å²) in [6.07, 6.45) is 3.21. The van der Waals surface area contributed by atoms with Crippen molar-refractivity contribution in [2.45, 2.75) is 32.6 Å². The summed E-state index contributed by atoms with van der Waals surface area (Å²) in [6, 6.07) is 10.0. The molecule has 1 aliphatic carbocycles. The zero-order chi connectivity index (χ0) is 19.2. The molecule has 1 aliphatic heterocycles. The zero-order valence-corrected chi connectivity index (χ0v) is 15.9. The molecular weight excluding hydrogens is 344 g/mol. The van der Waals surface area contributed by atoms with Gasteiger partial charge in [0.25, 0.3) is 0 Å². The van der Waals surface area contributed by atoms with Gasteiger partial charge >= 0.3 is 5.97 Å². The Morgan fingerprint density at radius 2 is 1.96 bits per heavy atom. The van der Waals surface area contributed by atoms with Crippen molar-refractivity contribution in [2.24, 2.45) is 11.8 Å². The minimum Gasteiger partial charge on any atom is -0.465 e. The van der Waals surface area contributed by atoms with Crippen molar-refractivity contribution in [1.82, 2.24) is 9.80 Å². The van der Waals surface area contributed by atoms with Crippen LogP contribution in [0.15, 0.2) is 30.3 Å². The number of carbonyl (C=O) groups excluding carboxylic acids is 3. The van der Waals surface area contributed by atoms with Crippen molar-refractivity contribution in [3.8, 4) is 0 Å². The van der Waals surface area contributed by atoms with Gasteiger partial charge in [-0.3, -0.25) is 14.4 Å². The van der Waals surface area contributed by atoms with Crippen LogP contribution in [-0.4, -0.2) is 60.4 Å². The highest BCUT2D eigenvalue weighted by atomic mass is 16.5. The van der Waals surface area contributed by atoms with Crippen LogP contribution in [0.4, 0.5) is 0 Å². The van der Waals surface area contributed by atoms with Crippen molar-refractivity contribution >= 4 is 17.8 Å². The highest BCUT2D eigenvalue weighted by molar-refractivity contribution is 5.90. The van der Waals surface area contributed by atoms with Crippen molar-refractivity contribution in [1.29, 1.82) is 0 Å². The molecule has 6 heteroatoms. The lowest BCUT2D eigenvalue weighted by Crippen LogP contribution is -2.42. The number of hydrogen-bond donors (Lipinski definition) is 0. The summed E-state index contributed by atoms with van der Waals surface area (Å²) >= 11 is 0. The second kappa shape index (κ2) is 9.02. The third-order valence-corrected chi connectivity index (χ3v) is 5.19. The number of rotatable bonds is 9. The minimum atomic E-state index is -0.378. The number of nitrogens with zero attached hydrogens (tertiary/aromatic N) is 2.